The second kappa shape index (κ2) is 13.1. The number of quaternary nitrogens is 2. The predicted octanol–water partition coefficient (Wildman–Crippen LogP) is 2.09. The van der Waals surface area contributed by atoms with Crippen molar-refractivity contribution in [1.29, 1.82) is 0 Å². The van der Waals surface area contributed by atoms with E-state index in [0.717, 1.165) is 26.5 Å². The number of piperazine rings is 1. The van der Waals surface area contributed by atoms with Crippen molar-refractivity contribution >= 4 is 20.2 Å². The Morgan fingerprint density at radius 2 is 1.08 bits per heavy atom. The SMILES string of the molecule is CC(CCO)[N+]1(C)CC[N+](C)(C)CC1.Cc1ccc(S(=O)(=O)[O-])cc1.Cc1ccc(S(=O)(=O)[O-])cc1. The first-order chi connectivity index (χ1) is 16.4. The standard InChI is InChI=1S/C11H26N2O.2C7H8O3S/c1-11(5-10-14)13(4)8-6-12(2,3)7-9-13;2*1-6-2-4-7(5-3-6)11(8,9)10/h11,14H,5-10H2,1-4H3;2*2-5H,1H3,(H,8,9,10)/q+2;;/p-2. The molecule has 0 saturated carbocycles. The van der Waals surface area contributed by atoms with Gasteiger partial charge in [0.05, 0.1) is 37.0 Å². The molecule has 3 rings (SSSR count). The fraction of sp³-hybridized carbons (Fsp3) is 0.520. The van der Waals surface area contributed by atoms with Crippen molar-refractivity contribution in [1.82, 2.24) is 0 Å². The van der Waals surface area contributed by atoms with Gasteiger partial charge in [0.2, 0.25) is 0 Å². The maximum absolute atomic E-state index is 10.4. The molecule has 1 N–H and O–H groups in total. The zero-order valence-electron chi connectivity index (χ0n) is 22.0. The van der Waals surface area contributed by atoms with Gasteiger partial charge < -0.3 is 23.2 Å². The lowest BCUT2D eigenvalue weighted by molar-refractivity contribution is -1.02. The molecule has 1 fully saturated rings. The second-order valence-corrected chi connectivity index (χ2v) is 13.0. The molecule has 0 spiro atoms. The Morgan fingerprint density at radius 3 is 1.36 bits per heavy atom. The van der Waals surface area contributed by atoms with Crippen LogP contribution in [0, 0.1) is 13.8 Å². The number of likely N-dealkylation sites (N-methyl/N-ethyl adjacent to an activating group) is 2. The Morgan fingerprint density at radius 1 is 0.750 bits per heavy atom. The summed E-state index contributed by atoms with van der Waals surface area (Å²) in [4.78, 5) is -0.355. The van der Waals surface area contributed by atoms with Crippen molar-refractivity contribution in [2.24, 2.45) is 0 Å². The van der Waals surface area contributed by atoms with E-state index in [9.17, 15) is 25.9 Å². The summed E-state index contributed by atoms with van der Waals surface area (Å²) >= 11 is 0. The number of nitrogens with zero attached hydrogens (tertiary/aromatic N) is 2. The second-order valence-electron chi connectivity index (χ2n) is 10.2. The number of hydrogen-bond acceptors (Lipinski definition) is 7. The van der Waals surface area contributed by atoms with Crippen molar-refractivity contribution in [2.75, 3.05) is 53.9 Å². The molecule has 0 aliphatic carbocycles. The largest absolute Gasteiger partial charge is 0.744 e. The van der Waals surface area contributed by atoms with Gasteiger partial charge in [-0.15, -0.1) is 0 Å². The lowest BCUT2D eigenvalue weighted by atomic mass is 10.1. The monoisotopic (exact) mass is 544 g/mol. The van der Waals surface area contributed by atoms with Crippen LogP contribution in [-0.2, 0) is 20.2 Å². The highest BCUT2D eigenvalue weighted by Gasteiger charge is 2.37. The summed E-state index contributed by atoms with van der Waals surface area (Å²) in [7, 11) is -1.59. The maximum atomic E-state index is 10.4. The van der Waals surface area contributed by atoms with E-state index in [4.69, 9.17) is 5.11 Å². The first-order valence-electron chi connectivity index (χ1n) is 11.7. The zero-order valence-corrected chi connectivity index (χ0v) is 23.7. The van der Waals surface area contributed by atoms with E-state index in [1.165, 1.54) is 50.4 Å². The molecule has 0 bridgehead atoms. The van der Waals surface area contributed by atoms with E-state index in [2.05, 4.69) is 28.1 Å². The third-order valence-corrected chi connectivity index (χ3v) is 8.36. The third-order valence-electron chi connectivity index (χ3n) is 6.66. The minimum absolute atomic E-state index is 0.178. The summed E-state index contributed by atoms with van der Waals surface area (Å²) in [6.45, 7) is 11.2. The van der Waals surface area contributed by atoms with Gasteiger partial charge >= 0.3 is 0 Å². The van der Waals surface area contributed by atoms with Gasteiger partial charge in [-0.25, -0.2) is 16.8 Å². The Hall–Kier alpha value is -1.86. The normalized spacial score (nSPS) is 17.6. The summed E-state index contributed by atoms with van der Waals surface area (Å²) in [6, 6.07) is 12.2. The van der Waals surface area contributed by atoms with Crippen LogP contribution in [0.4, 0.5) is 0 Å². The smallest absolute Gasteiger partial charge is 0.129 e. The molecule has 1 heterocycles. The van der Waals surface area contributed by atoms with Crippen LogP contribution in [0.1, 0.15) is 24.5 Å². The van der Waals surface area contributed by atoms with Crippen LogP contribution in [-0.4, -0.2) is 100.0 Å². The summed E-state index contributed by atoms with van der Waals surface area (Å²) in [5.41, 5.74) is 1.86. The molecule has 1 aliphatic rings. The van der Waals surface area contributed by atoms with Gasteiger partial charge in [-0.2, -0.15) is 0 Å². The molecule has 0 radical (unpaired) electrons. The van der Waals surface area contributed by atoms with Gasteiger partial charge in [-0.1, -0.05) is 35.4 Å². The number of benzene rings is 2. The lowest BCUT2D eigenvalue weighted by Gasteiger charge is -2.47. The number of aryl methyl sites for hydroxylation is 2. The molecule has 36 heavy (non-hydrogen) atoms. The zero-order chi connectivity index (χ0) is 27.8. The van der Waals surface area contributed by atoms with Gasteiger partial charge in [0.15, 0.2) is 0 Å². The van der Waals surface area contributed by atoms with E-state index in [-0.39, 0.29) is 9.79 Å². The molecule has 1 unspecified atom stereocenters. The van der Waals surface area contributed by atoms with Crippen LogP contribution in [0.5, 0.6) is 0 Å². The van der Waals surface area contributed by atoms with Gasteiger partial charge in [0.1, 0.15) is 46.4 Å². The molecule has 11 heteroatoms. The fourth-order valence-corrected chi connectivity index (χ4v) is 4.51. The Bertz CT molecular complexity index is 1080. The minimum Gasteiger partial charge on any atom is -0.744 e. The summed E-state index contributed by atoms with van der Waals surface area (Å²) in [5, 5.41) is 8.97. The van der Waals surface area contributed by atoms with Gasteiger partial charge in [0.25, 0.3) is 0 Å². The molecule has 1 saturated heterocycles. The predicted molar refractivity (Wildman–Crippen MR) is 137 cm³/mol. The Kier molecular flexibility index (Phi) is 11.7. The van der Waals surface area contributed by atoms with Crippen LogP contribution in [0.2, 0.25) is 0 Å². The summed E-state index contributed by atoms with van der Waals surface area (Å²) in [6.07, 6.45) is 0.934. The van der Waals surface area contributed by atoms with Crippen LogP contribution in [0.3, 0.4) is 0 Å². The number of rotatable bonds is 5. The van der Waals surface area contributed by atoms with E-state index >= 15 is 0 Å². The molecule has 2 aromatic carbocycles. The highest BCUT2D eigenvalue weighted by Crippen LogP contribution is 2.19. The Labute approximate surface area is 216 Å². The molecule has 1 aliphatic heterocycles. The van der Waals surface area contributed by atoms with Crippen molar-refractivity contribution in [3.8, 4) is 0 Å². The van der Waals surface area contributed by atoms with Crippen molar-refractivity contribution in [3.05, 3.63) is 59.7 Å². The molecule has 1 atom stereocenters. The van der Waals surface area contributed by atoms with Crippen molar-refractivity contribution < 1.29 is 40.0 Å². The molecule has 0 amide bonds. The molecule has 9 nitrogen and oxygen atoms in total. The summed E-state index contributed by atoms with van der Waals surface area (Å²) < 4.78 is 64.6. The van der Waals surface area contributed by atoms with Crippen molar-refractivity contribution in [2.45, 2.75) is 43.0 Å². The molecular formula is C25H40N2O7S2. The van der Waals surface area contributed by atoms with Gasteiger partial charge in [-0.3, -0.25) is 0 Å². The van der Waals surface area contributed by atoms with E-state index in [0.29, 0.717) is 12.6 Å². The van der Waals surface area contributed by atoms with Crippen molar-refractivity contribution in [3.63, 3.8) is 0 Å². The maximum Gasteiger partial charge on any atom is 0.129 e. The summed E-state index contributed by atoms with van der Waals surface area (Å²) in [5.74, 6) is 0. The quantitative estimate of drug-likeness (QED) is 0.450. The van der Waals surface area contributed by atoms with E-state index < -0.39 is 20.2 Å². The average molecular weight is 545 g/mol. The molecule has 204 valence electrons. The first-order valence-corrected chi connectivity index (χ1v) is 14.5. The Balaban J connectivity index is 0.000000273. The first kappa shape index (κ1) is 32.2. The van der Waals surface area contributed by atoms with Gasteiger partial charge in [-0.05, 0) is 45.0 Å². The van der Waals surface area contributed by atoms with Gasteiger partial charge in [0, 0.05) is 13.0 Å². The molecule has 2 aromatic rings. The highest BCUT2D eigenvalue weighted by molar-refractivity contribution is 7.86. The van der Waals surface area contributed by atoms with Crippen LogP contribution < -0.4 is 0 Å². The lowest BCUT2D eigenvalue weighted by Crippen LogP contribution is -2.65. The van der Waals surface area contributed by atoms with Crippen LogP contribution >= 0.6 is 0 Å². The van der Waals surface area contributed by atoms with E-state index in [1.54, 1.807) is 24.3 Å². The van der Waals surface area contributed by atoms with E-state index in [1.807, 2.05) is 13.8 Å². The number of hydrogen-bond donors (Lipinski definition) is 1. The van der Waals surface area contributed by atoms with Crippen LogP contribution in [0.15, 0.2) is 58.3 Å². The van der Waals surface area contributed by atoms with Crippen LogP contribution in [0.25, 0.3) is 0 Å². The number of aliphatic hydroxyl groups is 1. The average Bonchev–Trinajstić information content (AvgIpc) is 2.76. The molecule has 0 aromatic heterocycles. The fourth-order valence-electron chi connectivity index (χ4n) is 3.57. The topological polar surface area (TPSA) is 135 Å². The number of aliphatic hydroxyl groups excluding tert-OH is 1. The minimum atomic E-state index is -4.27. The molecular weight excluding hydrogens is 504 g/mol. The highest BCUT2D eigenvalue weighted by atomic mass is 32.2. The third kappa shape index (κ3) is 11.0.